The van der Waals surface area contributed by atoms with Crippen LogP contribution in [0, 0.1) is 0 Å². The molecule has 5 heteroatoms. The van der Waals surface area contributed by atoms with Crippen molar-refractivity contribution in [1.82, 2.24) is 0 Å². The minimum Gasteiger partial charge on any atom is -0.508 e. The van der Waals surface area contributed by atoms with E-state index in [1.54, 1.807) is 42.5 Å². The van der Waals surface area contributed by atoms with E-state index in [1.165, 1.54) is 7.11 Å². The van der Waals surface area contributed by atoms with Gasteiger partial charge in [-0.05, 0) is 18.2 Å². The number of hydrogen-bond acceptors (Lipinski definition) is 4. The lowest BCUT2D eigenvalue weighted by molar-refractivity contribution is -0.115. The lowest BCUT2D eigenvalue weighted by Gasteiger charge is -2.11. The van der Waals surface area contributed by atoms with Gasteiger partial charge in [-0.2, -0.15) is 0 Å². The van der Waals surface area contributed by atoms with E-state index in [0.29, 0.717) is 22.7 Å². The monoisotopic (exact) mass is 272 g/mol. The molecule has 2 aromatic rings. The number of para-hydroxylation sites is 1. The summed E-state index contributed by atoms with van der Waals surface area (Å²) in [6.07, 6.45) is 0.0835. The van der Waals surface area contributed by atoms with Gasteiger partial charge in [0.05, 0.1) is 19.2 Å². The number of nitrogens with one attached hydrogen (secondary N) is 1. The summed E-state index contributed by atoms with van der Waals surface area (Å²) in [4.78, 5) is 12.0. The fraction of sp³-hybridized carbons (Fsp3) is 0.133. The SMILES string of the molecule is COc1cc(N)ccc1NC(=O)Cc1ccccc1O. The largest absolute Gasteiger partial charge is 0.508 e. The predicted octanol–water partition coefficient (Wildman–Crippen LogP) is 2.16. The number of carbonyl (C=O) groups is 1. The highest BCUT2D eigenvalue weighted by Crippen LogP contribution is 2.27. The molecular weight excluding hydrogens is 256 g/mol. The zero-order valence-electron chi connectivity index (χ0n) is 11.1. The first kappa shape index (κ1) is 13.7. The van der Waals surface area contributed by atoms with Crippen molar-refractivity contribution >= 4 is 17.3 Å². The van der Waals surface area contributed by atoms with Gasteiger partial charge in [0.25, 0.3) is 0 Å². The molecule has 0 aliphatic heterocycles. The second-order valence-electron chi connectivity index (χ2n) is 4.31. The molecule has 2 rings (SSSR count). The molecule has 4 N–H and O–H groups in total. The molecule has 2 aromatic carbocycles. The smallest absolute Gasteiger partial charge is 0.229 e. The minimum absolute atomic E-state index is 0.0835. The van der Waals surface area contributed by atoms with Gasteiger partial charge in [-0.15, -0.1) is 0 Å². The van der Waals surface area contributed by atoms with E-state index in [0.717, 1.165) is 0 Å². The van der Waals surface area contributed by atoms with E-state index in [4.69, 9.17) is 10.5 Å². The molecule has 0 aliphatic rings. The molecule has 5 nitrogen and oxygen atoms in total. The summed E-state index contributed by atoms with van der Waals surface area (Å²) in [5.41, 5.74) is 7.32. The molecule has 20 heavy (non-hydrogen) atoms. The maximum atomic E-state index is 12.0. The van der Waals surface area contributed by atoms with Gasteiger partial charge in [-0.25, -0.2) is 0 Å². The predicted molar refractivity (Wildman–Crippen MR) is 77.8 cm³/mol. The first-order valence-electron chi connectivity index (χ1n) is 6.10. The number of benzene rings is 2. The lowest BCUT2D eigenvalue weighted by Crippen LogP contribution is -2.15. The molecule has 0 atom stereocenters. The van der Waals surface area contributed by atoms with Gasteiger partial charge in [0.2, 0.25) is 5.91 Å². The average Bonchev–Trinajstić information content (AvgIpc) is 2.43. The summed E-state index contributed by atoms with van der Waals surface area (Å²) in [5.74, 6) is 0.358. The van der Waals surface area contributed by atoms with E-state index in [1.807, 2.05) is 0 Å². The fourth-order valence-corrected chi connectivity index (χ4v) is 1.84. The standard InChI is InChI=1S/C15H16N2O3/c1-20-14-9-11(16)6-7-12(14)17-15(19)8-10-4-2-3-5-13(10)18/h2-7,9,18H,8,16H2,1H3,(H,17,19). The van der Waals surface area contributed by atoms with Crippen LogP contribution in [0.15, 0.2) is 42.5 Å². The van der Waals surface area contributed by atoms with Gasteiger partial charge in [-0.1, -0.05) is 18.2 Å². The van der Waals surface area contributed by atoms with E-state index in [2.05, 4.69) is 5.32 Å². The normalized spacial score (nSPS) is 10.1. The number of hydrogen-bond donors (Lipinski definition) is 3. The van der Waals surface area contributed by atoms with Crippen LogP contribution in [0.5, 0.6) is 11.5 Å². The average molecular weight is 272 g/mol. The Balaban J connectivity index is 2.11. The topological polar surface area (TPSA) is 84.6 Å². The number of methoxy groups -OCH3 is 1. The van der Waals surface area contributed by atoms with Crippen LogP contribution in [-0.2, 0) is 11.2 Å². The highest BCUT2D eigenvalue weighted by molar-refractivity contribution is 5.94. The van der Waals surface area contributed by atoms with Crippen LogP contribution in [0.3, 0.4) is 0 Å². The van der Waals surface area contributed by atoms with Gasteiger partial charge in [0.15, 0.2) is 0 Å². The third-order valence-corrected chi connectivity index (χ3v) is 2.84. The third-order valence-electron chi connectivity index (χ3n) is 2.84. The molecule has 0 spiro atoms. The van der Waals surface area contributed by atoms with Crippen molar-refractivity contribution in [3.63, 3.8) is 0 Å². The number of anilines is 2. The molecule has 0 bridgehead atoms. The molecule has 0 saturated carbocycles. The van der Waals surface area contributed by atoms with Gasteiger partial charge >= 0.3 is 0 Å². The lowest BCUT2D eigenvalue weighted by atomic mass is 10.1. The van der Waals surface area contributed by atoms with Crippen molar-refractivity contribution in [2.24, 2.45) is 0 Å². The number of nitrogen functional groups attached to an aromatic ring is 1. The number of carbonyl (C=O) groups excluding carboxylic acids is 1. The van der Waals surface area contributed by atoms with E-state index < -0.39 is 0 Å². The summed E-state index contributed by atoms with van der Waals surface area (Å²) in [5, 5.41) is 12.4. The number of ether oxygens (including phenoxy) is 1. The maximum Gasteiger partial charge on any atom is 0.229 e. The van der Waals surface area contributed by atoms with Gasteiger partial charge in [-0.3, -0.25) is 4.79 Å². The highest BCUT2D eigenvalue weighted by atomic mass is 16.5. The first-order chi connectivity index (χ1) is 9.60. The van der Waals surface area contributed by atoms with Crippen LogP contribution in [0.2, 0.25) is 0 Å². The Hall–Kier alpha value is -2.69. The second kappa shape index (κ2) is 5.97. The summed E-state index contributed by atoms with van der Waals surface area (Å²) >= 11 is 0. The minimum atomic E-state index is -0.241. The van der Waals surface area contributed by atoms with Crippen molar-refractivity contribution < 1.29 is 14.6 Å². The zero-order chi connectivity index (χ0) is 14.5. The molecule has 0 heterocycles. The van der Waals surface area contributed by atoms with Crippen LogP contribution in [0.1, 0.15) is 5.56 Å². The third kappa shape index (κ3) is 3.20. The van der Waals surface area contributed by atoms with Crippen LogP contribution in [-0.4, -0.2) is 18.1 Å². The number of rotatable bonds is 4. The maximum absolute atomic E-state index is 12.0. The van der Waals surface area contributed by atoms with Crippen molar-refractivity contribution in [3.05, 3.63) is 48.0 Å². The molecule has 0 radical (unpaired) electrons. The quantitative estimate of drug-likeness (QED) is 0.745. The molecule has 0 aromatic heterocycles. The van der Waals surface area contributed by atoms with Crippen LogP contribution in [0.4, 0.5) is 11.4 Å². The molecule has 0 fully saturated rings. The van der Waals surface area contributed by atoms with Crippen LogP contribution < -0.4 is 15.8 Å². The molecule has 0 unspecified atom stereocenters. The van der Waals surface area contributed by atoms with Crippen molar-refractivity contribution in [2.45, 2.75) is 6.42 Å². The van der Waals surface area contributed by atoms with E-state index in [-0.39, 0.29) is 18.1 Å². The molecule has 1 amide bonds. The van der Waals surface area contributed by atoms with Gasteiger partial charge in [0.1, 0.15) is 11.5 Å². The molecule has 0 saturated heterocycles. The Kier molecular flexibility index (Phi) is 4.10. The fourth-order valence-electron chi connectivity index (χ4n) is 1.84. The summed E-state index contributed by atoms with van der Waals surface area (Å²) < 4.78 is 5.16. The Bertz CT molecular complexity index is 626. The Morgan fingerprint density at radius 2 is 2.05 bits per heavy atom. The van der Waals surface area contributed by atoms with Crippen molar-refractivity contribution in [3.8, 4) is 11.5 Å². The van der Waals surface area contributed by atoms with Crippen LogP contribution in [0.25, 0.3) is 0 Å². The van der Waals surface area contributed by atoms with Gasteiger partial charge in [0, 0.05) is 17.3 Å². The Morgan fingerprint density at radius 3 is 2.75 bits per heavy atom. The Labute approximate surface area is 117 Å². The number of nitrogens with two attached hydrogens (primary N) is 1. The zero-order valence-corrected chi connectivity index (χ0v) is 11.1. The number of aromatic hydroxyl groups is 1. The molecular formula is C15H16N2O3. The number of phenolic OH excluding ortho intramolecular Hbond substituents is 1. The second-order valence-corrected chi connectivity index (χ2v) is 4.31. The Morgan fingerprint density at radius 1 is 1.30 bits per heavy atom. The van der Waals surface area contributed by atoms with Gasteiger partial charge < -0.3 is 20.9 Å². The first-order valence-corrected chi connectivity index (χ1v) is 6.10. The van der Waals surface area contributed by atoms with E-state index >= 15 is 0 Å². The van der Waals surface area contributed by atoms with E-state index in [9.17, 15) is 9.90 Å². The molecule has 104 valence electrons. The number of amides is 1. The van der Waals surface area contributed by atoms with Crippen LogP contribution >= 0.6 is 0 Å². The molecule has 0 aliphatic carbocycles. The highest BCUT2D eigenvalue weighted by Gasteiger charge is 2.10. The number of phenols is 1. The summed E-state index contributed by atoms with van der Waals surface area (Å²) in [6.45, 7) is 0. The summed E-state index contributed by atoms with van der Waals surface area (Å²) in [6, 6.07) is 11.7. The van der Waals surface area contributed by atoms with Crippen molar-refractivity contribution in [2.75, 3.05) is 18.2 Å². The summed E-state index contributed by atoms with van der Waals surface area (Å²) in [7, 11) is 1.51. The van der Waals surface area contributed by atoms with Crippen molar-refractivity contribution in [1.29, 1.82) is 0 Å².